The molecule has 0 bridgehead atoms. The molecule has 13 atom stereocenters. The topological polar surface area (TPSA) is 197 Å². The van der Waals surface area contributed by atoms with Gasteiger partial charge in [0.25, 0.3) is 0 Å². The molecule has 5 N–H and O–H groups in total. The van der Waals surface area contributed by atoms with E-state index >= 15 is 4.39 Å². The first kappa shape index (κ1) is 32.8. The zero-order valence-corrected chi connectivity index (χ0v) is 25.4. The van der Waals surface area contributed by atoms with Crippen molar-refractivity contribution >= 4 is 23.5 Å². The van der Waals surface area contributed by atoms with Gasteiger partial charge in [-0.1, -0.05) is 25.5 Å². The first-order chi connectivity index (χ1) is 20.3. The lowest BCUT2D eigenvalue weighted by Gasteiger charge is -2.62. The maximum atomic E-state index is 17.6. The Bertz CT molecular complexity index is 1330. The fourth-order valence-electron chi connectivity index (χ4n) is 9.36. The normalized spacial score (nSPS) is 49.7. The van der Waals surface area contributed by atoms with E-state index < -0.39 is 100 Å². The number of carbonyl (C=O) groups excluding carboxylic acids is 4. The minimum atomic E-state index is -2.28. The molecule has 244 valence electrons. The Balaban J connectivity index is 1.55. The fraction of sp³-hybridized carbons (Fsp3) is 0.742. The summed E-state index contributed by atoms with van der Waals surface area (Å²) >= 11 is 0. The number of ether oxygens (including phenoxy) is 3. The fourth-order valence-corrected chi connectivity index (χ4v) is 9.36. The number of esters is 2. The molecule has 5 aliphatic rings. The number of aliphatic hydroxyl groups excluding tert-OH is 5. The van der Waals surface area contributed by atoms with E-state index in [1.807, 2.05) is 0 Å². The summed E-state index contributed by atoms with van der Waals surface area (Å²) in [5, 5.41) is 53.5. The third kappa shape index (κ3) is 4.16. The van der Waals surface area contributed by atoms with Crippen LogP contribution in [0.1, 0.15) is 60.3 Å². The molecule has 0 spiro atoms. The van der Waals surface area contributed by atoms with E-state index in [4.69, 9.17) is 14.2 Å². The highest BCUT2D eigenvalue weighted by Gasteiger charge is 2.77. The first-order valence-electron chi connectivity index (χ1n) is 14.9. The van der Waals surface area contributed by atoms with Crippen LogP contribution in [-0.2, 0) is 33.4 Å². The third-order valence-corrected chi connectivity index (χ3v) is 11.5. The summed E-state index contributed by atoms with van der Waals surface area (Å²) in [7, 11) is 0. The zero-order valence-electron chi connectivity index (χ0n) is 25.4. The van der Waals surface area contributed by atoms with Gasteiger partial charge in [-0.05, 0) is 50.7 Å². The molecule has 4 fully saturated rings. The van der Waals surface area contributed by atoms with Crippen molar-refractivity contribution in [2.45, 2.75) is 108 Å². The Morgan fingerprint density at radius 1 is 1.07 bits per heavy atom. The Morgan fingerprint density at radius 3 is 2.34 bits per heavy atom. The van der Waals surface area contributed by atoms with Crippen LogP contribution < -0.4 is 0 Å². The number of hydrogen-bond acceptors (Lipinski definition) is 12. The minimum absolute atomic E-state index is 0.178. The molecule has 0 amide bonds. The maximum Gasteiger partial charge on any atom is 0.339 e. The van der Waals surface area contributed by atoms with Gasteiger partial charge in [0.1, 0.15) is 24.9 Å². The maximum absolute atomic E-state index is 17.6. The van der Waals surface area contributed by atoms with Gasteiger partial charge in [-0.2, -0.15) is 0 Å². The van der Waals surface area contributed by atoms with E-state index in [9.17, 15) is 44.7 Å². The van der Waals surface area contributed by atoms with E-state index in [-0.39, 0.29) is 25.0 Å². The summed E-state index contributed by atoms with van der Waals surface area (Å²) in [5.74, 6) is -7.97. The number of Topliss-reactive ketones (excluding diaryl/α,β-unsaturated/α-hetero) is 1. The molecule has 44 heavy (non-hydrogen) atoms. The molecule has 13 heteroatoms. The molecular formula is C31H41FO12. The van der Waals surface area contributed by atoms with Gasteiger partial charge in [0.2, 0.25) is 11.6 Å². The van der Waals surface area contributed by atoms with Crippen molar-refractivity contribution in [2.75, 3.05) is 6.61 Å². The highest BCUT2D eigenvalue weighted by atomic mass is 19.1. The molecule has 1 unspecified atom stereocenters. The van der Waals surface area contributed by atoms with E-state index in [1.165, 1.54) is 18.2 Å². The summed E-state index contributed by atoms with van der Waals surface area (Å²) < 4.78 is 34.1. The van der Waals surface area contributed by atoms with E-state index in [0.29, 0.717) is 12.0 Å². The van der Waals surface area contributed by atoms with E-state index in [1.54, 1.807) is 20.8 Å². The number of allylic oxidation sites excluding steroid dienone is 4. The van der Waals surface area contributed by atoms with Gasteiger partial charge in [-0.3, -0.25) is 14.4 Å². The molecule has 0 aromatic rings. The second-order valence-electron chi connectivity index (χ2n) is 13.7. The summed E-state index contributed by atoms with van der Waals surface area (Å²) in [6.07, 6.45) is -5.13. The number of hydrogen-bond donors (Lipinski definition) is 5. The Kier molecular flexibility index (Phi) is 7.83. The van der Waals surface area contributed by atoms with Crippen LogP contribution >= 0.6 is 0 Å². The van der Waals surface area contributed by atoms with Crippen LogP contribution in [0.25, 0.3) is 0 Å². The van der Waals surface area contributed by atoms with Crippen molar-refractivity contribution in [1.82, 2.24) is 0 Å². The molecule has 1 saturated heterocycles. The molecule has 1 heterocycles. The molecule has 0 aromatic heterocycles. The SMILES string of the molecule is CC(=O)OC1(C)O[C@H](C(=O)O[C@]2(C(=O)CO)[C@H](C)C[C@H]3[C@@H]4CCC5=CC(=O)C=C[C@]5(C)[C@@]4(F)[C@@H](O)C[C@@]32C)[C@@H](O)[C@H](O)[C@H]1O. The van der Waals surface area contributed by atoms with Crippen molar-refractivity contribution < 1.29 is 63.3 Å². The number of halogens is 1. The van der Waals surface area contributed by atoms with Gasteiger partial charge in [0.05, 0.1) is 6.10 Å². The average molecular weight is 625 g/mol. The van der Waals surface area contributed by atoms with Crippen LogP contribution in [-0.4, -0.2) is 103 Å². The Morgan fingerprint density at radius 2 is 1.73 bits per heavy atom. The van der Waals surface area contributed by atoms with Gasteiger partial charge in [-0.25, -0.2) is 9.18 Å². The number of aliphatic hydroxyl groups is 5. The van der Waals surface area contributed by atoms with Gasteiger partial charge in [-0.15, -0.1) is 0 Å². The van der Waals surface area contributed by atoms with Crippen molar-refractivity contribution in [3.05, 3.63) is 23.8 Å². The van der Waals surface area contributed by atoms with E-state index in [0.717, 1.165) is 13.8 Å². The lowest BCUT2D eigenvalue weighted by Crippen LogP contribution is -2.71. The number of ketones is 2. The number of rotatable bonds is 5. The molecule has 0 aromatic carbocycles. The van der Waals surface area contributed by atoms with Gasteiger partial charge in [0, 0.05) is 36.5 Å². The quantitative estimate of drug-likeness (QED) is 0.261. The summed E-state index contributed by atoms with van der Waals surface area (Å²) in [6.45, 7) is 5.90. The van der Waals surface area contributed by atoms with Crippen LogP contribution in [0.15, 0.2) is 23.8 Å². The second-order valence-corrected chi connectivity index (χ2v) is 13.7. The molecular weight excluding hydrogens is 583 g/mol. The van der Waals surface area contributed by atoms with E-state index in [2.05, 4.69) is 0 Å². The van der Waals surface area contributed by atoms with Gasteiger partial charge >= 0.3 is 11.9 Å². The average Bonchev–Trinajstić information content (AvgIpc) is 3.16. The molecule has 0 radical (unpaired) electrons. The van der Waals surface area contributed by atoms with Crippen LogP contribution in [0, 0.1) is 28.6 Å². The summed E-state index contributed by atoms with van der Waals surface area (Å²) in [6, 6.07) is 0. The largest absolute Gasteiger partial charge is 0.448 e. The molecule has 4 aliphatic carbocycles. The second kappa shape index (κ2) is 10.5. The number of fused-ring (bicyclic) bond motifs is 5. The summed E-state index contributed by atoms with van der Waals surface area (Å²) in [5.41, 5.74) is -6.49. The minimum Gasteiger partial charge on any atom is -0.448 e. The first-order valence-corrected chi connectivity index (χ1v) is 14.9. The number of alkyl halides is 1. The van der Waals surface area contributed by atoms with Gasteiger partial charge in [0.15, 0.2) is 23.2 Å². The smallest absolute Gasteiger partial charge is 0.339 e. The molecule has 3 saturated carbocycles. The van der Waals surface area contributed by atoms with Crippen LogP contribution in [0.3, 0.4) is 0 Å². The van der Waals surface area contributed by atoms with Crippen molar-refractivity contribution in [2.24, 2.45) is 28.6 Å². The van der Waals surface area contributed by atoms with Crippen molar-refractivity contribution in [3.8, 4) is 0 Å². The lowest BCUT2D eigenvalue weighted by atomic mass is 9.44. The summed E-state index contributed by atoms with van der Waals surface area (Å²) in [4.78, 5) is 51.4. The lowest BCUT2D eigenvalue weighted by molar-refractivity contribution is -0.339. The predicted octanol–water partition coefficient (Wildman–Crippen LogP) is 0.207. The van der Waals surface area contributed by atoms with Gasteiger partial charge < -0.3 is 39.7 Å². The van der Waals surface area contributed by atoms with Crippen molar-refractivity contribution in [1.29, 1.82) is 0 Å². The number of carbonyl (C=O) groups is 4. The highest BCUT2D eigenvalue weighted by Crippen LogP contribution is 2.71. The van der Waals surface area contributed by atoms with Crippen LogP contribution in [0.5, 0.6) is 0 Å². The Labute approximate surface area is 253 Å². The third-order valence-electron chi connectivity index (χ3n) is 11.5. The standard InChI is InChI=1S/C31H41FO12/c1-14-10-19-18-7-6-16-11-17(35)8-9-27(16,3)30(18,32)20(36)12-28(19,4)31(14,21(37)13-33)44-26(41)24-22(38)23(39)25(40)29(5,43-24)42-15(2)34/h8-9,11,14,18-20,22-25,33,36,38-40H,6-7,10,12-13H2,1-5H3/t14-,18+,19+,20+,22+,23+,24+,25-,27+,28+,29?,30+,31+/m1/s1. The molecule has 5 rings (SSSR count). The Hall–Kier alpha value is -2.55. The highest BCUT2D eigenvalue weighted by molar-refractivity contribution is 6.01. The zero-order chi connectivity index (χ0) is 32.8. The molecule has 12 nitrogen and oxygen atoms in total. The van der Waals surface area contributed by atoms with Crippen molar-refractivity contribution in [3.63, 3.8) is 0 Å². The predicted molar refractivity (Wildman–Crippen MR) is 147 cm³/mol. The van der Waals surface area contributed by atoms with Crippen LogP contribution in [0.2, 0.25) is 0 Å². The van der Waals surface area contributed by atoms with Crippen LogP contribution in [0.4, 0.5) is 4.39 Å². The monoisotopic (exact) mass is 624 g/mol. The molecule has 1 aliphatic heterocycles.